The maximum Gasteiger partial charge on any atom is 0.245 e. The number of carbonyl (C=O) groups is 3. The molecule has 0 aromatic heterocycles. The molecule has 8 nitrogen and oxygen atoms in total. The Morgan fingerprint density at radius 3 is 2.14 bits per heavy atom. The van der Waals surface area contributed by atoms with Crippen LogP contribution in [0.2, 0.25) is 0 Å². The monoisotopic (exact) mass is 392 g/mol. The molecule has 7 N–H and O–H groups in total. The van der Waals surface area contributed by atoms with Crippen molar-refractivity contribution in [2.75, 3.05) is 6.54 Å². The van der Waals surface area contributed by atoms with E-state index < -0.39 is 36.0 Å². The van der Waals surface area contributed by atoms with E-state index >= 15 is 0 Å². The molecule has 4 atom stereocenters. The summed E-state index contributed by atoms with van der Waals surface area (Å²) in [5, 5.41) is 15.0. The molecule has 0 saturated carbocycles. The van der Waals surface area contributed by atoms with E-state index in [9.17, 15) is 19.5 Å². The van der Waals surface area contributed by atoms with E-state index in [1.54, 1.807) is 13.8 Å². The summed E-state index contributed by atoms with van der Waals surface area (Å²) in [6, 6.07) is 6.36. The van der Waals surface area contributed by atoms with Crippen molar-refractivity contribution in [3.05, 3.63) is 35.9 Å². The van der Waals surface area contributed by atoms with E-state index in [1.807, 2.05) is 30.3 Å². The van der Waals surface area contributed by atoms with E-state index in [0.717, 1.165) is 5.56 Å². The summed E-state index contributed by atoms with van der Waals surface area (Å²) in [6.07, 6.45) is -0.597. The molecule has 8 heteroatoms. The van der Waals surface area contributed by atoms with Gasteiger partial charge in [-0.1, -0.05) is 44.2 Å². The number of hydrogen-bond donors (Lipinski definition) is 5. The van der Waals surface area contributed by atoms with Crippen LogP contribution >= 0.6 is 0 Å². The molecule has 0 heterocycles. The summed E-state index contributed by atoms with van der Waals surface area (Å²) < 4.78 is 0. The van der Waals surface area contributed by atoms with Gasteiger partial charge < -0.3 is 27.2 Å². The minimum Gasteiger partial charge on any atom is -0.391 e. The number of hydrogen-bond acceptors (Lipinski definition) is 6. The molecule has 0 aliphatic rings. The highest BCUT2D eigenvalue weighted by atomic mass is 16.3. The van der Waals surface area contributed by atoms with Gasteiger partial charge in [-0.2, -0.15) is 0 Å². The lowest BCUT2D eigenvalue weighted by atomic mass is 9.98. The van der Waals surface area contributed by atoms with Crippen molar-refractivity contribution in [2.45, 2.75) is 57.8 Å². The maximum absolute atomic E-state index is 12.6. The fraction of sp³-hybridized carbons (Fsp3) is 0.550. The van der Waals surface area contributed by atoms with Crippen LogP contribution in [0.4, 0.5) is 0 Å². The standard InChI is InChI=1S/C20H32N4O4/c1-12(2)18(26)16(9-10-21)23-20(28)17(13(3)25)24-19(27)15(22)11-14-7-5-4-6-8-14/h4-8,12-13,15-17,25H,9-11,21-22H2,1-3H3,(H,23,28)(H,24,27)/t13-,15+,16-,17-/m0/s1. The number of nitrogens with two attached hydrogens (primary N) is 2. The van der Waals surface area contributed by atoms with Crippen LogP contribution in [-0.2, 0) is 20.8 Å². The second-order valence-electron chi connectivity index (χ2n) is 7.22. The summed E-state index contributed by atoms with van der Waals surface area (Å²) in [7, 11) is 0. The van der Waals surface area contributed by atoms with Crippen LogP contribution < -0.4 is 22.1 Å². The van der Waals surface area contributed by atoms with Gasteiger partial charge in [0, 0.05) is 5.92 Å². The quantitative estimate of drug-likeness (QED) is 0.342. The number of Topliss-reactive ketones (excluding diaryl/α,β-unsaturated/α-hetero) is 1. The summed E-state index contributed by atoms with van der Waals surface area (Å²) in [5.41, 5.74) is 12.4. The molecule has 28 heavy (non-hydrogen) atoms. The number of carbonyl (C=O) groups excluding carboxylic acids is 3. The Kier molecular flexibility index (Phi) is 9.78. The minimum absolute atomic E-state index is 0.157. The summed E-state index contributed by atoms with van der Waals surface area (Å²) in [6.45, 7) is 5.07. The lowest BCUT2D eigenvalue weighted by Crippen LogP contribution is -2.58. The number of nitrogens with one attached hydrogen (secondary N) is 2. The molecule has 0 saturated heterocycles. The second-order valence-corrected chi connectivity index (χ2v) is 7.22. The van der Waals surface area contributed by atoms with E-state index in [-0.39, 0.29) is 24.7 Å². The van der Waals surface area contributed by atoms with Crippen LogP contribution in [0, 0.1) is 5.92 Å². The molecular weight excluding hydrogens is 360 g/mol. The smallest absolute Gasteiger partial charge is 0.245 e. The molecule has 0 aliphatic heterocycles. The van der Waals surface area contributed by atoms with Crippen LogP contribution in [0.3, 0.4) is 0 Å². The zero-order chi connectivity index (χ0) is 21.3. The average Bonchev–Trinajstić information content (AvgIpc) is 2.65. The van der Waals surface area contributed by atoms with E-state index in [0.29, 0.717) is 6.42 Å². The SMILES string of the molecule is CC(C)C(=O)[C@H](CCN)NC(=O)[C@@H](NC(=O)[C@H](N)Cc1ccccc1)[C@H](C)O. The predicted molar refractivity (Wildman–Crippen MR) is 107 cm³/mol. The lowest BCUT2D eigenvalue weighted by Gasteiger charge is -2.26. The third-order valence-corrected chi connectivity index (χ3v) is 4.38. The molecule has 1 rings (SSSR count). The third kappa shape index (κ3) is 7.38. The normalized spacial score (nSPS) is 15.4. The highest BCUT2D eigenvalue weighted by Gasteiger charge is 2.31. The fourth-order valence-electron chi connectivity index (χ4n) is 2.74. The van der Waals surface area contributed by atoms with Gasteiger partial charge in [0.1, 0.15) is 6.04 Å². The number of aliphatic hydroxyl groups is 1. The van der Waals surface area contributed by atoms with Crippen molar-refractivity contribution < 1.29 is 19.5 Å². The Bertz CT molecular complexity index is 649. The summed E-state index contributed by atoms with van der Waals surface area (Å²) >= 11 is 0. The first-order valence-electron chi connectivity index (χ1n) is 9.49. The van der Waals surface area contributed by atoms with Crippen molar-refractivity contribution in [3.8, 4) is 0 Å². The van der Waals surface area contributed by atoms with E-state index in [1.165, 1.54) is 6.92 Å². The molecule has 0 unspecified atom stereocenters. The lowest BCUT2D eigenvalue weighted by molar-refractivity contribution is -0.134. The van der Waals surface area contributed by atoms with Gasteiger partial charge in [-0.25, -0.2) is 0 Å². The van der Waals surface area contributed by atoms with Gasteiger partial charge in [0.25, 0.3) is 0 Å². The van der Waals surface area contributed by atoms with Crippen molar-refractivity contribution in [3.63, 3.8) is 0 Å². The van der Waals surface area contributed by atoms with Crippen LogP contribution in [0.15, 0.2) is 30.3 Å². The number of aliphatic hydroxyl groups excluding tert-OH is 1. The van der Waals surface area contributed by atoms with Crippen molar-refractivity contribution >= 4 is 17.6 Å². The maximum atomic E-state index is 12.6. The zero-order valence-corrected chi connectivity index (χ0v) is 16.7. The molecule has 1 aromatic rings. The Balaban J connectivity index is 2.78. The van der Waals surface area contributed by atoms with Crippen molar-refractivity contribution in [1.82, 2.24) is 10.6 Å². The first-order chi connectivity index (χ1) is 13.2. The van der Waals surface area contributed by atoms with Crippen LogP contribution in [0.25, 0.3) is 0 Å². The van der Waals surface area contributed by atoms with Crippen LogP contribution in [0.1, 0.15) is 32.8 Å². The first-order valence-corrected chi connectivity index (χ1v) is 9.49. The molecule has 0 bridgehead atoms. The molecule has 0 aliphatic carbocycles. The van der Waals surface area contributed by atoms with E-state index in [4.69, 9.17) is 11.5 Å². The van der Waals surface area contributed by atoms with Gasteiger partial charge in [0.05, 0.1) is 18.2 Å². The molecule has 0 radical (unpaired) electrons. The van der Waals surface area contributed by atoms with E-state index in [2.05, 4.69) is 10.6 Å². The first kappa shape index (κ1) is 23.7. The molecule has 156 valence electrons. The zero-order valence-electron chi connectivity index (χ0n) is 16.7. The van der Waals surface area contributed by atoms with Gasteiger partial charge >= 0.3 is 0 Å². The van der Waals surface area contributed by atoms with Gasteiger partial charge in [-0.3, -0.25) is 14.4 Å². The van der Waals surface area contributed by atoms with Crippen molar-refractivity contribution in [2.24, 2.45) is 17.4 Å². The number of amides is 2. The molecule has 0 spiro atoms. The van der Waals surface area contributed by atoms with Gasteiger partial charge in [-0.15, -0.1) is 0 Å². The van der Waals surface area contributed by atoms with Gasteiger partial charge in [-0.05, 0) is 31.9 Å². The van der Waals surface area contributed by atoms with Gasteiger partial charge in [0.2, 0.25) is 11.8 Å². The number of ketones is 1. The largest absolute Gasteiger partial charge is 0.391 e. The number of benzene rings is 1. The Morgan fingerprint density at radius 2 is 1.64 bits per heavy atom. The highest BCUT2D eigenvalue weighted by Crippen LogP contribution is 2.06. The van der Waals surface area contributed by atoms with Crippen molar-refractivity contribution in [1.29, 1.82) is 0 Å². The topological polar surface area (TPSA) is 148 Å². The van der Waals surface area contributed by atoms with Crippen LogP contribution in [-0.4, -0.2) is 53.5 Å². The fourth-order valence-corrected chi connectivity index (χ4v) is 2.74. The van der Waals surface area contributed by atoms with Crippen LogP contribution in [0.5, 0.6) is 0 Å². The average molecular weight is 393 g/mol. The van der Waals surface area contributed by atoms with Gasteiger partial charge in [0.15, 0.2) is 5.78 Å². The highest BCUT2D eigenvalue weighted by molar-refractivity contribution is 5.94. The molecule has 2 amide bonds. The molecular formula is C20H32N4O4. The summed E-state index contributed by atoms with van der Waals surface area (Å²) in [4.78, 5) is 37.3. The third-order valence-electron chi connectivity index (χ3n) is 4.38. The summed E-state index contributed by atoms with van der Waals surface area (Å²) in [5.74, 6) is -1.65. The Hall–Kier alpha value is -2.29. The Labute approximate surface area is 166 Å². The second kappa shape index (κ2) is 11.5. The minimum atomic E-state index is -1.23. The number of rotatable bonds is 11. The Morgan fingerprint density at radius 1 is 1.04 bits per heavy atom. The predicted octanol–water partition coefficient (Wildman–Crippen LogP) is -0.519. The molecule has 1 aromatic carbocycles. The molecule has 0 fully saturated rings.